The lowest BCUT2D eigenvalue weighted by Gasteiger charge is -2.26. The molecule has 2 aliphatic carbocycles. The Morgan fingerprint density at radius 1 is 1.14 bits per heavy atom. The van der Waals surface area contributed by atoms with Crippen LogP contribution in [0.15, 0.2) is 36.4 Å². The number of amides is 1. The van der Waals surface area contributed by atoms with Crippen LogP contribution in [0, 0.1) is 5.92 Å². The van der Waals surface area contributed by atoms with Crippen molar-refractivity contribution in [2.45, 2.75) is 63.4 Å². The van der Waals surface area contributed by atoms with E-state index in [9.17, 15) is 4.79 Å². The Morgan fingerprint density at radius 3 is 2.82 bits per heavy atom. The number of para-hydroxylation sites is 1. The number of rotatable bonds is 7. The van der Waals surface area contributed by atoms with Gasteiger partial charge in [0.2, 0.25) is 5.91 Å². The van der Waals surface area contributed by atoms with E-state index in [-0.39, 0.29) is 17.7 Å². The number of aromatic nitrogens is 1. The molecule has 1 aromatic carbocycles. The van der Waals surface area contributed by atoms with Gasteiger partial charge in [-0.1, -0.05) is 43.5 Å². The maximum atomic E-state index is 12.9. The van der Waals surface area contributed by atoms with Gasteiger partial charge in [-0.15, -0.1) is 11.3 Å². The number of ether oxygens (including phenoxy) is 1. The van der Waals surface area contributed by atoms with Crippen molar-refractivity contribution in [3.8, 4) is 0 Å². The molecule has 0 aliphatic heterocycles. The number of hydrogen-bond donors (Lipinski definition) is 1. The molecule has 1 saturated carbocycles. The molecule has 0 saturated heterocycles. The first kappa shape index (κ1) is 19.6. The minimum atomic E-state index is -0.0233. The van der Waals surface area contributed by atoms with Gasteiger partial charge in [0.05, 0.1) is 27.2 Å². The van der Waals surface area contributed by atoms with E-state index >= 15 is 0 Å². The Bertz CT molecular complexity index is 777. The topological polar surface area (TPSA) is 51.2 Å². The van der Waals surface area contributed by atoms with Crippen molar-refractivity contribution in [1.82, 2.24) is 10.3 Å². The molecule has 28 heavy (non-hydrogen) atoms. The molecular weight excluding hydrogens is 368 g/mol. The largest absolute Gasteiger partial charge is 0.378 e. The smallest absolute Gasteiger partial charge is 0.224 e. The van der Waals surface area contributed by atoms with Crippen LogP contribution in [0.1, 0.15) is 62.3 Å². The second kappa shape index (κ2) is 9.66. The third-order valence-corrected chi connectivity index (χ3v) is 7.09. The average molecular weight is 399 g/mol. The van der Waals surface area contributed by atoms with E-state index in [2.05, 4.69) is 29.6 Å². The van der Waals surface area contributed by atoms with Gasteiger partial charge >= 0.3 is 0 Å². The Labute approximate surface area is 171 Å². The number of carbonyl (C=O) groups is 1. The van der Waals surface area contributed by atoms with Crippen molar-refractivity contribution >= 4 is 27.5 Å². The maximum Gasteiger partial charge on any atom is 0.224 e. The van der Waals surface area contributed by atoms with Crippen LogP contribution in [0.4, 0.5) is 0 Å². The number of allylic oxidation sites excluding steroid dienone is 2. The van der Waals surface area contributed by atoms with E-state index in [1.54, 1.807) is 11.3 Å². The van der Waals surface area contributed by atoms with Gasteiger partial charge < -0.3 is 10.1 Å². The van der Waals surface area contributed by atoms with Gasteiger partial charge in [0.1, 0.15) is 0 Å². The summed E-state index contributed by atoms with van der Waals surface area (Å²) in [7, 11) is 0. The number of thiazole rings is 1. The monoisotopic (exact) mass is 398 g/mol. The number of nitrogens with one attached hydrogen (secondary N) is 1. The zero-order valence-corrected chi connectivity index (χ0v) is 17.3. The summed E-state index contributed by atoms with van der Waals surface area (Å²) in [6.45, 7) is 1.44. The molecule has 150 valence electrons. The molecule has 2 aliphatic rings. The third-order valence-electron chi connectivity index (χ3n) is 5.92. The lowest BCUT2D eigenvalue weighted by atomic mass is 9.82. The highest BCUT2D eigenvalue weighted by Crippen LogP contribution is 2.38. The van der Waals surface area contributed by atoms with E-state index in [0.717, 1.165) is 36.4 Å². The van der Waals surface area contributed by atoms with Crippen LogP contribution in [0.25, 0.3) is 10.2 Å². The van der Waals surface area contributed by atoms with E-state index in [1.165, 1.54) is 36.8 Å². The normalized spacial score (nSPS) is 23.1. The summed E-state index contributed by atoms with van der Waals surface area (Å²) in [5.41, 5.74) is 1.04. The lowest BCUT2D eigenvalue weighted by molar-refractivity contribution is -0.125. The molecule has 1 aromatic heterocycles. The van der Waals surface area contributed by atoms with Gasteiger partial charge in [-0.2, -0.15) is 0 Å². The van der Waals surface area contributed by atoms with E-state index in [4.69, 9.17) is 9.72 Å². The summed E-state index contributed by atoms with van der Waals surface area (Å²) in [6, 6.07) is 8.22. The van der Waals surface area contributed by atoms with Gasteiger partial charge in [-0.25, -0.2) is 4.98 Å². The van der Waals surface area contributed by atoms with Crippen LogP contribution in [0.3, 0.4) is 0 Å². The van der Waals surface area contributed by atoms with Gasteiger partial charge in [-0.05, 0) is 44.2 Å². The van der Waals surface area contributed by atoms with E-state index in [0.29, 0.717) is 12.6 Å². The van der Waals surface area contributed by atoms with Crippen LogP contribution in [0.5, 0.6) is 0 Å². The summed E-state index contributed by atoms with van der Waals surface area (Å²) < 4.78 is 7.16. The number of carbonyl (C=O) groups excluding carboxylic acids is 1. The van der Waals surface area contributed by atoms with E-state index in [1.807, 2.05) is 12.1 Å². The van der Waals surface area contributed by atoms with E-state index < -0.39 is 0 Å². The molecule has 4 rings (SSSR count). The molecule has 0 unspecified atom stereocenters. The first-order valence-corrected chi connectivity index (χ1v) is 11.5. The van der Waals surface area contributed by atoms with Crippen molar-refractivity contribution < 1.29 is 9.53 Å². The van der Waals surface area contributed by atoms with Gasteiger partial charge in [-0.3, -0.25) is 4.79 Å². The molecule has 1 fully saturated rings. The fourth-order valence-electron chi connectivity index (χ4n) is 4.32. The Kier molecular flexibility index (Phi) is 6.76. The summed E-state index contributed by atoms with van der Waals surface area (Å²) in [6.07, 6.45) is 13.7. The van der Waals surface area contributed by atoms with Crippen LogP contribution >= 0.6 is 11.3 Å². The molecule has 2 aromatic rings. The Balaban J connectivity index is 1.28. The van der Waals surface area contributed by atoms with Crippen molar-refractivity contribution in [1.29, 1.82) is 0 Å². The molecule has 1 heterocycles. The number of benzene rings is 1. The maximum absolute atomic E-state index is 12.9. The Morgan fingerprint density at radius 2 is 1.96 bits per heavy atom. The summed E-state index contributed by atoms with van der Waals surface area (Å²) in [5.74, 6) is 0.317. The molecule has 0 bridgehead atoms. The zero-order valence-electron chi connectivity index (χ0n) is 16.4. The second-order valence-electron chi connectivity index (χ2n) is 7.95. The zero-order chi connectivity index (χ0) is 19.2. The first-order valence-electron chi connectivity index (χ1n) is 10.7. The van der Waals surface area contributed by atoms with Crippen molar-refractivity contribution in [2.24, 2.45) is 5.92 Å². The van der Waals surface area contributed by atoms with Crippen LogP contribution in [-0.4, -0.2) is 30.1 Å². The summed E-state index contributed by atoms with van der Waals surface area (Å²) in [4.78, 5) is 17.7. The van der Waals surface area contributed by atoms with Crippen molar-refractivity contribution in [3.63, 3.8) is 0 Å². The second-order valence-corrected chi connectivity index (χ2v) is 9.01. The molecule has 5 heteroatoms. The fraction of sp³-hybridized carbons (Fsp3) is 0.565. The SMILES string of the molecule is O=C(NCCCOC1CCCCC1)[C@@H]1CC=CC[C@H]1c1nc2ccccc2s1. The predicted molar refractivity (Wildman–Crippen MR) is 115 cm³/mol. The first-order chi connectivity index (χ1) is 13.8. The number of fused-ring (bicyclic) bond motifs is 1. The van der Waals surface area contributed by atoms with Crippen LogP contribution < -0.4 is 5.32 Å². The Hall–Kier alpha value is -1.72. The summed E-state index contributed by atoms with van der Waals surface area (Å²) >= 11 is 1.73. The van der Waals surface area contributed by atoms with Crippen molar-refractivity contribution in [2.75, 3.05) is 13.2 Å². The lowest BCUT2D eigenvalue weighted by Crippen LogP contribution is -2.36. The van der Waals surface area contributed by atoms with Gasteiger partial charge in [0.15, 0.2) is 0 Å². The molecule has 1 amide bonds. The molecule has 4 nitrogen and oxygen atoms in total. The average Bonchev–Trinajstić information content (AvgIpc) is 3.18. The highest BCUT2D eigenvalue weighted by atomic mass is 32.1. The molecule has 2 atom stereocenters. The van der Waals surface area contributed by atoms with Gasteiger partial charge in [0, 0.05) is 19.1 Å². The van der Waals surface area contributed by atoms with Crippen LogP contribution in [0.2, 0.25) is 0 Å². The van der Waals surface area contributed by atoms with Crippen LogP contribution in [-0.2, 0) is 9.53 Å². The molecule has 0 radical (unpaired) electrons. The molecule has 1 N–H and O–H groups in total. The summed E-state index contributed by atoms with van der Waals surface area (Å²) in [5, 5.41) is 4.24. The number of hydrogen-bond acceptors (Lipinski definition) is 4. The predicted octanol–water partition coefficient (Wildman–Crippen LogP) is 5.20. The van der Waals surface area contributed by atoms with Gasteiger partial charge in [0.25, 0.3) is 0 Å². The number of nitrogens with zero attached hydrogens (tertiary/aromatic N) is 1. The fourth-order valence-corrected chi connectivity index (χ4v) is 5.47. The highest BCUT2D eigenvalue weighted by molar-refractivity contribution is 7.18. The quantitative estimate of drug-likeness (QED) is 0.515. The minimum Gasteiger partial charge on any atom is -0.378 e. The standard InChI is InChI=1S/C23H30N2O2S/c26-22(24-15-8-16-27-17-9-2-1-3-10-17)18-11-4-5-12-19(18)23-25-20-13-6-7-14-21(20)28-23/h4-7,13-14,17-19H,1-3,8-12,15-16H2,(H,24,26)/t18-,19-/m1/s1. The third kappa shape index (κ3) is 4.81. The molecule has 0 spiro atoms. The highest BCUT2D eigenvalue weighted by Gasteiger charge is 2.32. The molecular formula is C23H30N2O2S. The van der Waals surface area contributed by atoms with Crippen molar-refractivity contribution in [3.05, 3.63) is 41.4 Å². The minimum absolute atomic E-state index is 0.0233.